The van der Waals surface area contributed by atoms with E-state index in [1.165, 1.54) is 6.42 Å². The Kier molecular flexibility index (Phi) is 3.29. The monoisotopic (exact) mass is 225 g/mol. The van der Waals surface area contributed by atoms with Crippen LogP contribution >= 0.6 is 11.6 Å². The first kappa shape index (κ1) is 10.9. The highest BCUT2D eigenvalue weighted by Gasteiger charge is 2.32. The Morgan fingerprint density at radius 2 is 2.00 bits per heavy atom. The highest BCUT2D eigenvalue weighted by atomic mass is 35.5. The van der Waals surface area contributed by atoms with E-state index in [1.807, 2.05) is 24.3 Å². The van der Waals surface area contributed by atoms with Crippen LogP contribution in [0.2, 0.25) is 5.02 Å². The summed E-state index contributed by atoms with van der Waals surface area (Å²) >= 11 is 5.86. The number of aliphatic hydroxyl groups is 1. The Balaban J connectivity index is 2.28. The van der Waals surface area contributed by atoms with E-state index in [0.717, 1.165) is 30.0 Å². The molecule has 0 aromatic heterocycles. The summed E-state index contributed by atoms with van der Waals surface area (Å²) in [6.45, 7) is 1.12. The maximum absolute atomic E-state index is 9.57. The van der Waals surface area contributed by atoms with Crippen molar-refractivity contribution in [3.05, 3.63) is 34.9 Å². The first-order valence-corrected chi connectivity index (χ1v) is 5.77. The molecule has 2 nitrogen and oxygen atoms in total. The first-order valence-electron chi connectivity index (χ1n) is 5.39. The summed E-state index contributed by atoms with van der Waals surface area (Å²) in [5.41, 5.74) is 0.886. The zero-order valence-corrected chi connectivity index (χ0v) is 9.43. The molecule has 2 rings (SSSR count). The van der Waals surface area contributed by atoms with Crippen LogP contribution in [0.3, 0.4) is 0 Å². The molecule has 2 N–H and O–H groups in total. The molecule has 82 valence electrons. The lowest BCUT2D eigenvalue weighted by atomic mass is 9.83. The van der Waals surface area contributed by atoms with Crippen LogP contribution in [-0.2, 0) is 5.54 Å². The van der Waals surface area contributed by atoms with E-state index in [-0.39, 0.29) is 12.1 Å². The highest BCUT2D eigenvalue weighted by molar-refractivity contribution is 6.30. The zero-order chi connectivity index (χ0) is 10.7. The van der Waals surface area contributed by atoms with Crippen LogP contribution in [0.4, 0.5) is 0 Å². The maximum Gasteiger partial charge on any atom is 0.0669 e. The molecular formula is C12H16ClNO. The van der Waals surface area contributed by atoms with Gasteiger partial charge in [0.15, 0.2) is 0 Å². The van der Waals surface area contributed by atoms with Crippen molar-refractivity contribution in [3.63, 3.8) is 0 Å². The fourth-order valence-electron chi connectivity index (χ4n) is 2.21. The summed E-state index contributed by atoms with van der Waals surface area (Å²) in [6.07, 6.45) is 3.34. The van der Waals surface area contributed by atoms with Crippen molar-refractivity contribution in [2.45, 2.75) is 24.8 Å². The van der Waals surface area contributed by atoms with E-state index in [4.69, 9.17) is 11.6 Å². The summed E-state index contributed by atoms with van der Waals surface area (Å²) in [6, 6.07) is 7.75. The molecule has 1 unspecified atom stereocenters. The van der Waals surface area contributed by atoms with E-state index in [1.54, 1.807) is 0 Å². The smallest absolute Gasteiger partial charge is 0.0669 e. The molecule has 1 saturated heterocycles. The second kappa shape index (κ2) is 4.52. The number of piperidine rings is 1. The second-order valence-electron chi connectivity index (χ2n) is 4.13. The summed E-state index contributed by atoms with van der Waals surface area (Å²) in [4.78, 5) is 0. The fourth-order valence-corrected chi connectivity index (χ4v) is 2.34. The summed E-state index contributed by atoms with van der Waals surface area (Å²) in [5.74, 6) is 0. The molecule has 0 bridgehead atoms. The number of hydrogen-bond donors (Lipinski definition) is 2. The molecule has 0 saturated carbocycles. The number of nitrogens with one attached hydrogen (secondary N) is 1. The molecular weight excluding hydrogens is 210 g/mol. The molecule has 1 aliphatic rings. The Labute approximate surface area is 95.3 Å². The third kappa shape index (κ3) is 2.17. The van der Waals surface area contributed by atoms with E-state index in [2.05, 4.69) is 5.32 Å². The second-order valence-corrected chi connectivity index (χ2v) is 4.57. The van der Waals surface area contributed by atoms with Crippen LogP contribution in [0.5, 0.6) is 0 Å². The lowest BCUT2D eigenvalue weighted by molar-refractivity contribution is 0.131. The van der Waals surface area contributed by atoms with Crippen molar-refractivity contribution in [2.24, 2.45) is 0 Å². The third-order valence-corrected chi connectivity index (χ3v) is 3.41. The molecule has 1 fully saturated rings. The Morgan fingerprint density at radius 3 is 2.53 bits per heavy atom. The van der Waals surface area contributed by atoms with Gasteiger partial charge in [0, 0.05) is 5.02 Å². The van der Waals surface area contributed by atoms with E-state index >= 15 is 0 Å². The lowest BCUT2D eigenvalue weighted by Crippen LogP contribution is -2.48. The topological polar surface area (TPSA) is 32.3 Å². The molecule has 0 amide bonds. The fraction of sp³-hybridized carbons (Fsp3) is 0.500. The van der Waals surface area contributed by atoms with E-state index < -0.39 is 0 Å². The Bertz CT molecular complexity index is 317. The van der Waals surface area contributed by atoms with Crippen molar-refractivity contribution >= 4 is 11.6 Å². The molecule has 3 heteroatoms. The minimum Gasteiger partial charge on any atom is -0.394 e. The predicted molar refractivity (Wildman–Crippen MR) is 62.1 cm³/mol. The predicted octanol–water partition coefficient (Wildman–Crippen LogP) is 2.30. The average molecular weight is 226 g/mol. The lowest BCUT2D eigenvalue weighted by Gasteiger charge is -2.37. The summed E-state index contributed by atoms with van der Waals surface area (Å²) in [5, 5.41) is 13.7. The van der Waals surface area contributed by atoms with Crippen LogP contribution < -0.4 is 5.32 Å². The molecule has 1 aromatic carbocycles. The normalized spacial score (nSPS) is 26.5. The number of hydrogen-bond acceptors (Lipinski definition) is 2. The van der Waals surface area contributed by atoms with Crippen molar-refractivity contribution in [2.75, 3.05) is 13.2 Å². The van der Waals surface area contributed by atoms with Gasteiger partial charge in [-0.3, -0.25) is 0 Å². The van der Waals surface area contributed by atoms with Crippen LogP contribution in [-0.4, -0.2) is 18.3 Å². The molecule has 0 radical (unpaired) electrons. The maximum atomic E-state index is 9.57. The van der Waals surface area contributed by atoms with Crippen LogP contribution in [0.1, 0.15) is 24.8 Å². The van der Waals surface area contributed by atoms with Crippen LogP contribution in [0.25, 0.3) is 0 Å². The number of halogens is 1. The van der Waals surface area contributed by atoms with Gasteiger partial charge >= 0.3 is 0 Å². The van der Waals surface area contributed by atoms with Gasteiger partial charge in [-0.05, 0) is 43.5 Å². The molecule has 0 spiro atoms. The molecule has 1 atom stereocenters. The first-order chi connectivity index (χ1) is 7.27. The number of benzene rings is 1. The van der Waals surface area contributed by atoms with Gasteiger partial charge in [-0.25, -0.2) is 0 Å². The zero-order valence-electron chi connectivity index (χ0n) is 8.67. The average Bonchev–Trinajstić information content (AvgIpc) is 2.31. The van der Waals surface area contributed by atoms with E-state index in [0.29, 0.717) is 0 Å². The van der Waals surface area contributed by atoms with Gasteiger partial charge in [-0.2, -0.15) is 0 Å². The van der Waals surface area contributed by atoms with Gasteiger partial charge in [0.05, 0.1) is 12.1 Å². The van der Waals surface area contributed by atoms with Crippen molar-refractivity contribution in [1.29, 1.82) is 0 Å². The summed E-state index contributed by atoms with van der Waals surface area (Å²) < 4.78 is 0. The van der Waals surface area contributed by atoms with Crippen LogP contribution in [0, 0.1) is 0 Å². The Morgan fingerprint density at radius 1 is 1.27 bits per heavy atom. The quantitative estimate of drug-likeness (QED) is 0.810. The minimum absolute atomic E-state index is 0.147. The van der Waals surface area contributed by atoms with E-state index in [9.17, 15) is 5.11 Å². The molecule has 1 aromatic rings. The van der Waals surface area contributed by atoms with Crippen molar-refractivity contribution < 1.29 is 5.11 Å². The number of rotatable bonds is 2. The van der Waals surface area contributed by atoms with Gasteiger partial charge in [0.25, 0.3) is 0 Å². The van der Waals surface area contributed by atoms with Crippen molar-refractivity contribution in [3.8, 4) is 0 Å². The molecule has 1 aliphatic heterocycles. The molecule has 15 heavy (non-hydrogen) atoms. The Hall–Kier alpha value is -0.570. The van der Waals surface area contributed by atoms with Gasteiger partial charge < -0.3 is 10.4 Å². The molecule has 1 heterocycles. The van der Waals surface area contributed by atoms with Crippen molar-refractivity contribution in [1.82, 2.24) is 5.32 Å². The SMILES string of the molecule is OCC1(c2ccc(Cl)cc2)CCCCN1. The van der Waals surface area contributed by atoms with Gasteiger partial charge in [0.1, 0.15) is 0 Å². The van der Waals surface area contributed by atoms with Crippen LogP contribution in [0.15, 0.2) is 24.3 Å². The largest absolute Gasteiger partial charge is 0.394 e. The number of aliphatic hydroxyl groups excluding tert-OH is 1. The highest BCUT2D eigenvalue weighted by Crippen LogP contribution is 2.30. The molecule has 0 aliphatic carbocycles. The van der Waals surface area contributed by atoms with Gasteiger partial charge in [0.2, 0.25) is 0 Å². The van der Waals surface area contributed by atoms with Gasteiger partial charge in [-0.1, -0.05) is 23.7 Å². The standard InChI is InChI=1S/C12H16ClNO/c13-11-5-3-10(4-6-11)12(9-15)7-1-2-8-14-12/h3-6,14-15H,1-2,7-9H2. The third-order valence-electron chi connectivity index (χ3n) is 3.16. The minimum atomic E-state index is -0.247. The van der Waals surface area contributed by atoms with Gasteiger partial charge in [-0.15, -0.1) is 0 Å². The summed E-state index contributed by atoms with van der Waals surface area (Å²) in [7, 11) is 0.